The van der Waals surface area contributed by atoms with Crippen molar-refractivity contribution in [1.82, 2.24) is 4.31 Å². The lowest BCUT2D eigenvalue weighted by atomic mass is 10.1. The van der Waals surface area contributed by atoms with Crippen LogP contribution in [0.2, 0.25) is 10.0 Å². The predicted octanol–water partition coefficient (Wildman–Crippen LogP) is 4.36. The zero-order valence-corrected chi connectivity index (χ0v) is 18.3. The molecule has 0 atom stereocenters. The molecule has 6 nitrogen and oxygen atoms in total. The normalized spacial score (nSPS) is 15.1. The molecule has 1 aliphatic heterocycles. The van der Waals surface area contributed by atoms with Crippen LogP contribution in [0.1, 0.15) is 24.8 Å². The Balaban J connectivity index is 1.82. The molecule has 156 valence electrons. The molecule has 3 rings (SSSR count). The molecule has 1 fully saturated rings. The van der Waals surface area contributed by atoms with E-state index >= 15 is 0 Å². The van der Waals surface area contributed by atoms with Gasteiger partial charge in [-0.15, -0.1) is 0 Å². The number of anilines is 1. The second kappa shape index (κ2) is 9.34. The largest absolute Gasteiger partial charge is 0.495 e. The van der Waals surface area contributed by atoms with Gasteiger partial charge in [0.2, 0.25) is 15.9 Å². The number of methoxy groups -OCH3 is 1. The summed E-state index contributed by atoms with van der Waals surface area (Å²) in [6.45, 7) is 1.01. The van der Waals surface area contributed by atoms with Crippen molar-refractivity contribution in [3.8, 4) is 5.75 Å². The number of amides is 1. The summed E-state index contributed by atoms with van der Waals surface area (Å²) in [5.74, 6) is 0.0261. The first-order valence-corrected chi connectivity index (χ1v) is 11.4. The van der Waals surface area contributed by atoms with Gasteiger partial charge in [-0.3, -0.25) is 4.79 Å². The highest BCUT2D eigenvalue weighted by Gasteiger charge is 2.27. The van der Waals surface area contributed by atoms with E-state index in [4.69, 9.17) is 27.9 Å². The van der Waals surface area contributed by atoms with Crippen LogP contribution in [0.5, 0.6) is 5.75 Å². The molecule has 0 bridgehead atoms. The van der Waals surface area contributed by atoms with Crippen molar-refractivity contribution in [2.75, 3.05) is 25.5 Å². The van der Waals surface area contributed by atoms with Crippen LogP contribution in [0.15, 0.2) is 41.3 Å². The zero-order chi connectivity index (χ0) is 21.0. The van der Waals surface area contributed by atoms with E-state index in [-0.39, 0.29) is 17.2 Å². The van der Waals surface area contributed by atoms with E-state index < -0.39 is 10.0 Å². The molecule has 1 heterocycles. The van der Waals surface area contributed by atoms with E-state index in [1.165, 1.54) is 23.5 Å². The molecule has 2 aromatic carbocycles. The number of hydrogen-bond acceptors (Lipinski definition) is 4. The van der Waals surface area contributed by atoms with E-state index in [0.717, 1.165) is 19.3 Å². The standard InChI is InChI=1S/C20H22Cl2N2O4S/c1-28-19-8-7-16(29(26,27)24-9-3-2-4-10-24)13-18(19)23-20(25)11-14-5-6-15(21)12-17(14)22/h5-8,12-13H,2-4,9-11H2,1H3,(H,23,25). The number of carbonyl (C=O) groups excluding carboxylic acids is 1. The van der Waals surface area contributed by atoms with Crippen LogP contribution in [-0.4, -0.2) is 38.8 Å². The summed E-state index contributed by atoms with van der Waals surface area (Å²) in [5, 5.41) is 3.60. The highest BCUT2D eigenvalue weighted by Crippen LogP contribution is 2.30. The Morgan fingerprint density at radius 1 is 1.10 bits per heavy atom. The third-order valence-corrected chi connectivity index (χ3v) is 7.25. The smallest absolute Gasteiger partial charge is 0.243 e. The molecule has 0 saturated carbocycles. The van der Waals surface area contributed by atoms with Crippen LogP contribution in [0.4, 0.5) is 5.69 Å². The van der Waals surface area contributed by atoms with E-state index in [1.54, 1.807) is 24.3 Å². The van der Waals surface area contributed by atoms with Gasteiger partial charge in [-0.25, -0.2) is 8.42 Å². The average Bonchev–Trinajstić information content (AvgIpc) is 2.70. The van der Waals surface area contributed by atoms with Crippen LogP contribution < -0.4 is 10.1 Å². The number of rotatable bonds is 6. The Morgan fingerprint density at radius 3 is 2.48 bits per heavy atom. The molecule has 2 aromatic rings. The lowest BCUT2D eigenvalue weighted by molar-refractivity contribution is -0.115. The number of ether oxygens (including phenoxy) is 1. The highest BCUT2D eigenvalue weighted by molar-refractivity contribution is 7.89. The van der Waals surface area contributed by atoms with Crippen molar-refractivity contribution in [2.24, 2.45) is 0 Å². The van der Waals surface area contributed by atoms with Gasteiger partial charge in [0.1, 0.15) is 5.75 Å². The number of nitrogens with one attached hydrogen (secondary N) is 1. The maximum atomic E-state index is 12.9. The van der Waals surface area contributed by atoms with Gasteiger partial charge < -0.3 is 10.1 Å². The molecule has 9 heteroatoms. The second-order valence-corrected chi connectivity index (χ2v) is 9.57. The first kappa shape index (κ1) is 21.9. The van der Waals surface area contributed by atoms with Crippen LogP contribution in [-0.2, 0) is 21.2 Å². The van der Waals surface area contributed by atoms with E-state index in [1.807, 2.05) is 0 Å². The summed E-state index contributed by atoms with van der Waals surface area (Å²) in [5.41, 5.74) is 0.908. The predicted molar refractivity (Wildman–Crippen MR) is 114 cm³/mol. The molecule has 0 aromatic heterocycles. The summed E-state index contributed by atoms with van der Waals surface area (Å²) in [4.78, 5) is 12.7. The minimum atomic E-state index is -3.62. The molecular formula is C20H22Cl2N2O4S. The quantitative estimate of drug-likeness (QED) is 0.700. The van der Waals surface area contributed by atoms with Crippen molar-refractivity contribution in [1.29, 1.82) is 0 Å². The monoisotopic (exact) mass is 456 g/mol. The number of piperidine rings is 1. The van der Waals surface area contributed by atoms with Crippen LogP contribution in [0.25, 0.3) is 0 Å². The van der Waals surface area contributed by atoms with Crippen molar-refractivity contribution < 1.29 is 17.9 Å². The lowest BCUT2D eigenvalue weighted by Gasteiger charge is -2.26. The van der Waals surface area contributed by atoms with Crippen molar-refractivity contribution in [2.45, 2.75) is 30.6 Å². The number of halogens is 2. The highest BCUT2D eigenvalue weighted by atomic mass is 35.5. The molecule has 0 aliphatic carbocycles. The van der Waals surface area contributed by atoms with Crippen molar-refractivity contribution in [3.05, 3.63) is 52.0 Å². The van der Waals surface area contributed by atoms with Gasteiger partial charge >= 0.3 is 0 Å². The topological polar surface area (TPSA) is 75.7 Å². The lowest BCUT2D eigenvalue weighted by Crippen LogP contribution is -2.35. The number of carbonyl (C=O) groups is 1. The molecule has 1 saturated heterocycles. The number of sulfonamides is 1. The molecule has 1 amide bonds. The average molecular weight is 457 g/mol. The maximum Gasteiger partial charge on any atom is 0.243 e. The number of benzene rings is 2. The molecule has 0 spiro atoms. The van der Waals surface area contributed by atoms with Crippen LogP contribution in [0.3, 0.4) is 0 Å². The summed E-state index contributed by atoms with van der Waals surface area (Å²) in [6.07, 6.45) is 2.74. The summed E-state index contributed by atoms with van der Waals surface area (Å²) >= 11 is 12.0. The molecule has 0 unspecified atom stereocenters. The zero-order valence-electron chi connectivity index (χ0n) is 16.0. The van der Waals surface area contributed by atoms with Gasteiger partial charge in [0.25, 0.3) is 0 Å². The first-order valence-electron chi connectivity index (χ1n) is 9.23. The van der Waals surface area contributed by atoms with Crippen LogP contribution >= 0.6 is 23.2 Å². The van der Waals surface area contributed by atoms with Gasteiger partial charge in [-0.2, -0.15) is 4.31 Å². The molecule has 0 radical (unpaired) electrons. The summed E-state index contributed by atoms with van der Waals surface area (Å²) in [6, 6.07) is 9.37. The Labute approximate surface area is 180 Å². The SMILES string of the molecule is COc1ccc(S(=O)(=O)N2CCCCC2)cc1NC(=O)Cc1ccc(Cl)cc1Cl. The van der Waals surface area contributed by atoms with Gasteiger partial charge in [-0.1, -0.05) is 35.7 Å². The fourth-order valence-electron chi connectivity index (χ4n) is 3.23. The van der Waals surface area contributed by atoms with Crippen molar-refractivity contribution in [3.63, 3.8) is 0 Å². The molecule has 1 N–H and O–H groups in total. The summed E-state index contributed by atoms with van der Waals surface area (Å²) in [7, 11) is -2.17. The second-order valence-electron chi connectivity index (χ2n) is 6.79. The van der Waals surface area contributed by atoms with E-state index in [2.05, 4.69) is 5.32 Å². The Morgan fingerprint density at radius 2 is 1.83 bits per heavy atom. The minimum absolute atomic E-state index is 0.0161. The summed E-state index contributed by atoms with van der Waals surface area (Å²) < 4.78 is 32.6. The number of hydrogen-bond donors (Lipinski definition) is 1. The maximum absolute atomic E-state index is 12.9. The molecule has 29 heavy (non-hydrogen) atoms. The minimum Gasteiger partial charge on any atom is -0.495 e. The Hall–Kier alpha value is -1.80. The fraction of sp³-hybridized carbons (Fsp3) is 0.350. The Bertz CT molecular complexity index is 1010. The molecular weight excluding hydrogens is 435 g/mol. The fourth-order valence-corrected chi connectivity index (χ4v) is 5.25. The van der Waals surface area contributed by atoms with Crippen molar-refractivity contribution >= 4 is 44.8 Å². The van der Waals surface area contributed by atoms with Gasteiger partial charge in [0.05, 0.1) is 24.1 Å². The van der Waals surface area contributed by atoms with E-state index in [0.29, 0.717) is 40.1 Å². The Kier molecular flexibility index (Phi) is 7.05. The van der Waals surface area contributed by atoms with Gasteiger partial charge in [0.15, 0.2) is 0 Å². The van der Waals surface area contributed by atoms with Gasteiger partial charge in [0, 0.05) is 23.1 Å². The first-order chi connectivity index (χ1) is 13.8. The van der Waals surface area contributed by atoms with E-state index in [9.17, 15) is 13.2 Å². The van der Waals surface area contributed by atoms with Crippen LogP contribution in [0, 0.1) is 0 Å². The molecule has 1 aliphatic rings. The van der Waals surface area contributed by atoms with Gasteiger partial charge in [-0.05, 0) is 48.7 Å². The third kappa shape index (κ3) is 5.22. The number of nitrogens with zero attached hydrogens (tertiary/aromatic N) is 1. The third-order valence-electron chi connectivity index (χ3n) is 4.76.